The van der Waals surface area contributed by atoms with E-state index in [2.05, 4.69) is 22.8 Å². The van der Waals surface area contributed by atoms with Crippen molar-refractivity contribution in [2.75, 3.05) is 0 Å². The number of aryl methyl sites for hydroxylation is 1. The fourth-order valence-corrected chi connectivity index (χ4v) is 3.35. The van der Waals surface area contributed by atoms with E-state index in [0.29, 0.717) is 11.1 Å². The summed E-state index contributed by atoms with van der Waals surface area (Å²) in [5.74, 6) is -1.03. The SMILES string of the molecule is Cc1[nH]ncc1-c1cccc(C(C)n2c(=O)oc3cc(S)c(F)cc32)c1. The molecular weight excluding hydrogens is 353 g/mol. The summed E-state index contributed by atoms with van der Waals surface area (Å²) in [7, 11) is 0. The van der Waals surface area contributed by atoms with Crippen LogP contribution in [0.15, 0.2) is 56.7 Å². The minimum Gasteiger partial charge on any atom is -0.408 e. The molecule has 1 unspecified atom stereocenters. The average Bonchev–Trinajstić information content (AvgIpc) is 3.17. The number of fused-ring (bicyclic) bond motifs is 1. The molecule has 0 fully saturated rings. The van der Waals surface area contributed by atoms with Crippen molar-refractivity contribution in [1.82, 2.24) is 14.8 Å². The highest BCUT2D eigenvalue weighted by Gasteiger charge is 2.19. The van der Waals surface area contributed by atoms with Crippen molar-refractivity contribution < 1.29 is 8.81 Å². The second-order valence-corrected chi connectivity index (χ2v) is 6.70. The van der Waals surface area contributed by atoms with Crippen molar-refractivity contribution in [3.05, 3.63) is 70.2 Å². The largest absolute Gasteiger partial charge is 0.420 e. The average molecular weight is 369 g/mol. The van der Waals surface area contributed by atoms with E-state index in [4.69, 9.17) is 4.42 Å². The topological polar surface area (TPSA) is 63.8 Å². The Morgan fingerprint density at radius 1 is 1.31 bits per heavy atom. The first-order valence-corrected chi connectivity index (χ1v) is 8.54. The van der Waals surface area contributed by atoms with Gasteiger partial charge in [-0.25, -0.2) is 9.18 Å². The fraction of sp³-hybridized carbons (Fsp3) is 0.158. The quantitative estimate of drug-likeness (QED) is 0.528. The van der Waals surface area contributed by atoms with Gasteiger partial charge in [0.25, 0.3) is 0 Å². The van der Waals surface area contributed by atoms with Gasteiger partial charge in [0, 0.05) is 22.2 Å². The van der Waals surface area contributed by atoms with Gasteiger partial charge >= 0.3 is 5.76 Å². The number of aromatic nitrogens is 3. The lowest BCUT2D eigenvalue weighted by atomic mass is 10.0. The molecular formula is C19H16FN3O2S. The Kier molecular flexibility index (Phi) is 3.96. The molecule has 2 heterocycles. The van der Waals surface area contributed by atoms with E-state index < -0.39 is 11.6 Å². The zero-order chi connectivity index (χ0) is 18.4. The maximum Gasteiger partial charge on any atom is 0.420 e. The van der Waals surface area contributed by atoms with Crippen LogP contribution in [0.2, 0.25) is 0 Å². The third-order valence-electron chi connectivity index (χ3n) is 4.58. The molecule has 0 aliphatic rings. The van der Waals surface area contributed by atoms with Gasteiger partial charge in [-0.2, -0.15) is 5.10 Å². The van der Waals surface area contributed by atoms with Crippen molar-refractivity contribution in [1.29, 1.82) is 0 Å². The standard InChI is InChI=1S/C19H16FN3O2S/c1-10-14(9-21-22-10)13-5-3-4-12(6-13)11(2)23-16-7-15(20)18(26)8-17(16)25-19(23)24/h3-9,11,26H,1-2H3,(H,21,22). The second kappa shape index (κ2) is 6.17. The van der Waals surface area contributed by atoms with Crippen LogP contribution in [0.25, 0.3) is 22.2 Å². The monoisotopic (exact) mass is 369 g/mol. The van der Waals surface area contributed by atoms with E-state index >= 15 is 0 Å². The molecule has 0 aliphatic carbocycles. The first kappa shape index (κ1) is 16.7. The van der Waals surface area contributed by atoms with Gasteiger partial charge in [0.2, 0.25) is 0 Å². The number of thiol groups is 1. The molecule has 132 valence electrons. The molecule has 2 aromatic carbocycles. The molecule has 4 rings (SSSR count). The summed E-state index contributed by atoms with van der Waals surface area (Å²) in [4.78, 5) is 12.5. The van der Waals surface area contributed by atoms with Crippen LogP contribution in [0.4, 0.5) is 4.39 Å². The number of benzene rings is 2. The molecule has 26 heavy (non-hydrogen) atoms. The van der Waals surface area contributed by atoms with Gasteiger partial charge in [-0.1, -0.05) is 18.2 Å². The predicted molar refractivity (Wildman–Crippen MR) is 100 cm³/mol. The van der Waals surface area contributed by atoms with Gasteiger partial charge in [-0.3, -0.25) is 9.67 Å². The normalized spacial score (nSPS) is 12.6. The molecule has 4 aromatic rings. The molecule has 5 nitrogen and oxygen atoms in total. The lowest BCUT2D eigenvalue weighted by molar-refractivity contribution is 0.489. The lowest BCUT2D eigenvalue weighted by Crippen LogP contribution is -2.19. The van der Waals surface area contributed by atoms with Gasteiger partial charge in [0.1, 0.15) is 5.82 Å². The minimum atomic E-state index is -0.532. The Labute approximate surface area is 153 Å². The van der Waals surface area contributed by atoms with Gasteiger partial charge < -0.3 is 4.42 Å². The zero-order valence-corrected chi connectivity index (χ0v) is 15.0. The molecule has 0 bridgehead atoms. The summed E-state index contributed by atoms with van der Waals surface area (Å²) in [6.07, 6.45) is 1.77. The molecule has 0 saturated carbocycles. The van der Waals surface area contributed by atoms with E-state index in [0.717, 1.165) is 22.4 Å². The Morgan fingerprint density at radius 2 is 2.12 bits per heavy atom. The number of nitrogens with one attached hydrogen (secondary N) is 1. The van der Waals surface area contributed by atoms with Crippen LogP contribution < -0.4 is 5.76 Å². The van der Waals surface area contributed by atoms with Crippen molar-refractivity contribution in [3.8, 4) is 11.1 Å². The van der Waals surface area contributed by atoms with Crippen LogP contribution in [-0.2, 0) is 0 Å². The van der Waals surface area contributed by atoms with Gasteiger partial charge in [-0.05, 0) is 37.1 Å². The molecule has 7 heteroatoms. The van der Waals surface area contributed by atoms with Gasteiger partial charge in [0.05, 0.1) is 17.8 Å². The zero-order valence-electron chi connectivity index (χ0n) is 14.2. The van der Waals surface area contributed by atoms with Crippen LogP contribution in [0.5, 0.6) is 0 Å². The Bertz CT molecular complexity index is 1180. The van der Waals surface area contributed by atoms with Gasteiger partial charge in [-0.15, -0.1) is 12.6 Å². The van der Waals surface area contributed by atoms with Crippen LogP contribution in [0.1, 0.15) is 24.2 Å². The number of hydrogen-bond donors (Lipinski definition) is 2. The number of nitrogens with zero attached hydrogens (tertiary/aromatic N) is 2. The van der Waals surface area contributed by atoms with Crippen molar-refractivity contribution >= 4 is 23.7 Å². The lowest BCUT2D eigenvalue weighted by Gasteiger charge is -2.14. The fourth-order valence-electron chi connectivity index (χ4n) is 3.17. The van der Waals surface area contributed by atoms with Crippen LogP contribution >= 0.6 is 12.6 Å². The maximum absolute atomic E-state index is 14.0. The Balaban J connectivity index is 1.84. The molecule has 0 radical (unpaired) electrons. The molecule has 1 N–H and O–H groups in total. The number of oxazole rings is 1. The Hall–Kier alpha value is -2.80. The molecule has 0 saturated heterocycles. The summed E-state index contributed by atoms with van der Waals surface area (Å²) in [6, 6.07) is 10.2. The molecule has 0 amide bonds. The predicted octanol–water partition coefficient (Wildman–Crippen LogP) is 4.33. The first-order valence-electron chi connectivity index (χ1n) is 8.09. The number of H-pyrrole nitrogens is 1. The van der Waals surface area contributed by atoms with Crippen LogP contribution in [-0.4, -0.2) is 14.8 Å². The summed E-state index contributed by atoms with van der Waals surface area (Å²) in [6.45, 7) is 3.83. The number of hydrogen-bond acceptors (Lipinski definition) is 4. The number of halogens is 1. The summed E-state index contributed by atoms with van der Waals surface area (Å²) < 4.78 is 20.7. The van der Waals surface area contributed by atoms with E-state index in [1.807, 2.05) is 38.1 Å². The number of aromatic amines is 1. The minimum absolute atomic E-state index is 0.142. The summed E-state index contributed by atoms with van der Waals surface area (Å²) in [5, 5.41) is 6.97. The van der Waals surface area contributed by atoms with Crippen molar-refractivity contribution in [2.45, 2.75) is 24.8 Å². The molecule has 0 aliphatic heterocycles. The van der Waals surface area contributed by atoms with Crippen molar-refractivity contribution in [2.24, 2.45) is 0 Å². The highest BCUT2D eigenvalue weighted by atomic mass is 32.1. The van der Waals surface area contributed by atoms with E-state index in [9.17, 15) is 9.18 Å². The smallest absolute Gasteiger partial charge is 0.408 e. The maximum atomic E-state index is 14.0. The van der Waals surface area contributed by atoms with Crippen molar-refractivity contribution in [3.63, 3.8) is 0 Å². The van der Waals surface area contributed by atoms with E-state index in [1.165, 1.54) is 16.7 Å². The van der Waals surface area contributed by atoms with Gasteiger partial charge in [0.15, 0.2) is 5.58 Å². The highest BCUT2D eigenvalue weighted by Crippen LogP contribution is 2.29. The third kappa shape index (κ3) is 2.64. The Morgan fingerprint density at radius 3 is 2.85 bits per heavy atom. The molecule has 0 spiro atoms. The highest BCUT2D eigenvalue weighted by molar-refractivity contribution is 7.80. The van der Waals surface area contributed by atoms with E-state index in [-0.39, 0.29) is 10.9 Å². The first-order chi connectivity index (χ1) is 12.5. The number of rotatable bonds is 3. The van der Waals surface area contributed by atoms with Crippen LogP contribution in [0, 0.1) is 12.7 Å². The van der Waals surface area contributed by atoms with E-state index in [1.54, 1.807) is 6.20 Å². The summed E-state index contributed by atoms with van der Waals surface area (Å²) in [5.41, 5.74) is 4.57. The third-order valence-corrected chi connectivity index (χ3v) is 4.92. The molecule has 2 aromatic heterocycles. The van der Waals surface area contributed by atoms with Crippen LogP contribution in [0.3, 0.4) is 0 Å². The molecule has 1 atom stereocenters. The summed E-state index contributed by atoms with van der Waals surface area (Å²) >= 11 is 4.04. The second-order valence-electron chi connectivity index (χ2n) is 6.22.